The number of hydrogen-bond donors (Lipinski definition) is 1. The Labute approximate surface area is 99.8 Å². The van der Waals surface area contributed by atoms with Gasteiger partial charge in [-0.2, -0.15) is 5.26 Å². The minimum Gasteiger partial charge on any atom is -0.368 e. The molecule has 17 heavy (non-hydrogen) atoms. The van der Waals surface area contributed by atoms with E-state index in [4.69, 9.17) is 5.26 Å². The summed E-state index contributed by atoms with van der Waals surface area (Å²) in [4.78, 5) is 2.10. The molecule has 2 aliphatic rings. The van der Waals surface area contributed by atoms with Crippen LogP contribution in [0.3, 0.4) is 0 Å². The van der Waals surface area contributed by atoms with Crippen molar-refractivity contribution in [1.29, 1.82) is 5.26 Å². The predicted octanol–water partition coefficient (Wildman–Crippen LogP) is 1.35. The summed E-state index contributed by atoms with van der Waals surface area (Å²) in [7, 11) is 0. The highest BCUT2D eigenvalue weighted by atomic mass is 19.1. The first kappa shape index (κ1) is 10.5. The number of halogens is 1. The summed E-state index contributed by atoms with van der Waals surface area (Å²) < 4.78 is 13.9. The topological polar surface area (TPSA) is 39.1 Å². The van der Waals surface area contributed by atoms with E-state index in [1.54, 1.807) is 12.1 Å². The van der Waals surface area contributed by atoms with E-state index in [1.807, 2.05) is 6.07 Å². The predicted molar refractivity (Wildman–Crippen MR) is 63.2 cm³/mol. The largest absolute Gasteiger partial charge is 0.368 e. The van der Waals surface area contributed by atoms with Gasteiger partial charge >= 0.3 is 0 Å². The molecule has 2 heterocycles. The second-order valence-corrected chi connectivity index (χ2v) is 4.86. The average Bonchev–Trinajstić information content (AvgIpc) is 2.89. The Balaban J connectivity index is 1.84. The number of nitriles is 1. The Bertz CT molecular complexity index is 468. The minimum atomic E-state index is -0.281. The lowest BCUT2D eigenvalue weighted by Crippen LogP contribution is -2.26. The Kier molecular flexibility index (Phi) is 2.49. The highest BCUT2D eigenvalue weighted by Gasteiger charge is 2.36. The second kappa shape index (κ2) is 4.01. The van der Waals surface area contributed by atoms with Gasteiger partial charge in [-0.3, -0.25) is 0 Å². The lowest BCUT2D eigenvalue weighted by atomic mass is 10.0. The molecule has 1 N–H and O–H groups in total. The van der Waals surface area contributed by atoms with Gasteiger partial charge in [0.25, 0.3) is 0 Å². The van der Waals surface area contributed by atoms with E-state index in [0.29, 0.717) is 23.1 Å². The van der Waals surface area contributed by atoms with Crippen LogP contribution in [-0.4, -0.2) is 26.2 Å². The maximum absolute atomic E-state index is 13.9. The van der Waals surface area contributed by atoms with Gasteiger partial charge in [-0.1, -0.05) is 0 Å². The molecule has 0 unspecified atom stereocenters. The SMILES string of the molecule is N#Cc1ccc(N2C[C@H]3CNC[C@H]3C2)c(F)c1. The zero-order valence-corrected chi connectivity index (χ0v) is 9.49. The molecule has 2 saturated heterocycles. The molecule has 0 radical (unpaired) electrons. The van der Waals surface area contributed by atoms with Crippen LogP contribution in [0.4, 0.5) is 10.1 Å². The second-order valence-electron chi connectivity index (χ2n) is 4.86. The molecule has 0 saturated carbocycles. The molecule has 0 bridgehead atoms. The van der Waals surface area contributed by atoms with Crippen molar-refractivity contribution in [1.82, 2.24) is 5.32 Å². The van der Waals surface area contributed by atoms with Crippen LogP contribution in [0.1, 0.15) is 5.56 Å². The number of fused-ring (bicyclic) bond motifs is 1. The zero-order valence-electron chi connectivity index (χ0n) is 9.49. The van der Waals surface area contributed by atoms with Gasteiger partial charge in [-0.05, 0) is 30.0 Å². The van der Waals surface area contributed by atoms with Gasteiger partial charge < -0.3 is 10.2 Å². The first-order chi connectivity index (χ1) is 8.28. The summed E-state index contributed by atoms with van der Waals surface area (Å²) in [6.45, 7) is 3.92. The van der Waals surface area contributed by atoms with Crippen LogP contribution in [0.15, 0.2) is 18.2 Å². The van der Waals surface area contributed by atoms with Gasteiger partial charge in [0.05, 0.1) is 17.3 Å². The van der Waals surface area contributed by atoms with Crippen LogP contribution in [0.2, 0.25) is 0 Å². The number of nitrogens with zero attached hydrogens (tertiary/aromatic N) is 2. The van der Waals surface area contributed by atoms with Crippen molar-refractivity contribution < 1.29 is 4.39 Å². The van der Waals surface area contributed by atoms with E-state index in [0.717, 1.165) is 26.2 Å². The van der Waals surface area contributed by atoms with Crippen molar-refractivity contribution in [3.8, 4) is 6.07 Å². The van der Waals surface area contributed by atoms with Crippen molar-refractivity contribution in [3.63, 3.8) is 0 Å². The molecule has 0 amide bonds. The summed E-state index contributed by atoms with van der Waals surface area (Å²) in [5, 5.41) is 12.1. The molecule has 2 aliphatic heterocycles. The Hall–Kier alpha value is -1.60. The maximum Gasteiger partial charge on any atom is 0.147 e. The molecule has 1 aromatic rings. The summed E-state index contributed by atoms with van der Waals surface area (Å²) >= 11 is 0. The molecule has 88 valence electrons. The van der Waals surface area contributed by atoms with Gasteiger partial charge in [0.15, 0.2) is 0 Å². The average molecular weight is 231 g/mol. The fourth-order valence-corrected chi connectivity index (χ4v) is 2.88. The zero-order chi connectivity index (χ0) is 11.8. The van der Waals surface area contributed by atoms with Crippen LogP contribution < -0.4 is 10.2 Å². The van der Waals surface area contributed by atoms with E-state index >= 15 is 0 Å². The molecule has 0 aromatic heterocycles. The monoisotopic (exact) mass is 231 g/mol. The molecule has 3 nitrogen and oxygen atoms in total. The van der Waals surface area contributed by atoms with Crippen LogP contribution in [0.5, 0.6) is 0 Å². The number of hydrogen-bond acceptors (Lipinski definition) is 3. The smallest absolute Gasteiger partial charge is 0.147 e. The van der Waals surface area contributed by atoms with E-state index in [9.17, 15) is 4.39 Å². The molecular formula is C13H14FN3. The quantitative estimate of drug-likeness (QED) is 0.793. The first-order valence-electron chi connectivity index (χ1n) is 5.93. The van der Waals surface area contributed by atoms with Crippen molar-refractivity contribution in [3.05, 3.63) is 29.6 Å². The Morgan fingerprint density at radius 3 is 2.59 bits per heavy atom. The van der Waals surface area contributed by atoms with E-state index < -0.39 is 0 Å². The molecule has 0 aliphatic carbocycles. The number of anilines is 1. The molecule has 1 aromatic carbocycles. The van der Waals surface area contributed by atoms with Gasteiger partial charge in [0.1, 0.15) is 5.82 Å². The summed E-state index contributed by atoms with van der Waals surface area (Å²) in [5.41, 5.74) is 1.02. The number of nitrogens with one attached hydrogen (secondary N) is 1. The van der Waals surface area contributed by atoms with E-state index in [-0.39, 0.29) is 5.82 Å². The normalized spacial score (nSPS) is 26.9. The van der Waals surface area contributed by atoms with Crippen LogP contribution >= 0.6 is 0 Å². The molecule has 2 atom stereocenters. The maximum atomic E-state index is 13.9. The summed E-state index contributed by atoms with van der Waals surface area (Å²) in [6, 6.07) is 6.69. The van der Waals surface area contributed by atoms with Crippen molar-refractivity contribution in [2.75, 3.05) is 31.1 Å². The molecular weight excluding hydrogens is 217 g/mol. The summed E-state index contributed by atoms with van der Waals surface area (Å²) in [6.07, 6.45) is 0. The Morgan fingerprint density at radius 2 is 2.00 bits per heavy atom. The van der Waals surface area contributed by atoms with Crippen LogP contribution in [0, 0.1) is 29.0 Å². The first-order valence-corrected chi connectivity index (χ1v) is 5.93. The Morgan fingerprint density at radius 1 is 1.29 bits per heavy atom. The standard InChI is InChI=1S/C13H14FN3/c14-12-3-9(4-15)1-2-13(12)17-7-10-5-16-6-11(10)8-17/h1-3,10-11,16H,5-8H2/t10-,11+. The molecule has 2 fully saturated rings. The highest BCUT2D eigenvalue weighted by molar-refractivity contribution is 5.52. The molecule has 0 spiro atoms. The van der Waals surface area contributed by atoms with Crippen LogP contribution in [0.25, 0.3) is 0 Å². The lowest BCUT2D eigenvalue weighted by Gasteiger charge is -2.20. The minimum absolute atomic E-state index is 0.281. The number of rotatable bonds is 1. The third-order valence-electron chi connectivity index (χ3n) is 3.81. The van der Waals surface area contributed by atoms with E-state index in [2.05, 4.69) is 10.2 Å². The number of benzene rings is 1. The fraction of sp³-hybridized carbons (Fsp3) is 0.462. The van der Waals surface area contributed by atoms with Crippen molar-refractivity contribution in [2.45, 2.75) is 0 Å². The van der Waals surface area contributed by atoms with Crippen molar-refractivity contribution >= 4 is 5.69 Å². The van der Waals surface area contributed by atoms with Gasteiger partial charge in [-0.25, -0.2) is 4.39 Å². The highest BCUT2D eigenvalue weighted by Crippen LogP contribution is 2.31. The van der Waals surface area contributed by atoms with E-state index in [1.165, 1.54) is 6.07 Å². The van der Waals surface area contributed by atoms with Crippen LogP contribution in [-0.2, 0) is 0 Å². The van der Waals surface area contributed by atoms with Gasteiger partial charge in [-0.15, -0.1) is 0 Å². The lowest BCUT2D eigenvalue weighted by molar-refractivity contribution is 0.533. The third-order valence-corrected chi connectivity index (χ3v) is 3.81. The van der Waals surface area contributed by atoms with Gasteiger partial charge in [0.2, 0.25) is 0 Å². The third kappa shape index (κ3) is 1.77. The summed E-state index contributed by atoms with van der Waals surface area (Å²) in [5.74, 6) is 1.01. The fourth-order valence-electron chi connectivity index (χ4n) is 2.88. The van der Waals surface area contributed by atoms with Gasteiger partial charge in [0, 0.05) is 26.2 Å². The molecule has 4 heteroatoms. The van der Waals surface area contributed by atoms with Crippen molar-refractivity contribution in [2.24, 2.45) is 11.8 Å². The molecule has 3 rings (SSSR count).